The highest BCUT2D eigenvalue weighted by Gasteiger charge is 2.40. The summed E-state index contributed by atoms with van der Waals surface area (Å²) < 4.78 is 0. The molecule has 0 radical (unpaired) electrons. The molecule has 0 aliphatic carbocycles. The van der Waals surface area contributed by atoms with Crippen LogP contribution in [0.4, 0.5) is 0 Å². The number of hydrogen-bond donors (Lipinski definition) is 0. The van der Waals surface area contributed by atoms with Gasteiger partial charge in [-0.25, -0.2) is 4.98 Å². The maximum absolute atomic E-state index is 4.73. The van der Waals surface area contributed by atoms with Gasteiger partial charge in [0, 0.05) is 56.2 Å². The van der Waals surface area contributed by atoms with Crippen molar-refractivity contribution in [3.63, 3.8) is 0 Å². The minimum Gasteiger partial charge on any atom is -0.300 e. The van der Waals surface area contributed by atoms with E-state index in [9.17, 15) is 0 Å². The monoisotopic (exact) mass is 334 g/mol. The maximum atomic E-state index is 4.73. The normalized spacial score (nSPS) is 33.4. The molecule has 3 aliphatic heterocycles. The fourth-order valence-corrected chi connectivity index (χ4v) is 5.52. The van der Waals surface area contributed by atoms with Gasteiger partial charge in [-0.05, 0) is 39.2 Å². The molecule has 0 saturated carbocycles. The third-order valence-electron chi connectivity index (χ3n) is 6.28. The van der Waals surface area contributed by atoms with Crippen LogP contribution in [-0.4, -0.2) is 71.0 Å². The number of thiazole rings is 1. The zero-order chi connectivity index (χ0) is 15.8. The molecule has 3 aliphatic rings. The molecule has 3 fully saturated rings. The van der Waals surface area contributed by atoms with E-state index in [1.54, 1.807) is 0 Å². The average molecular weight is 335 g/mol. The fraction of sp³-hybridized carbons (Fsp3) is 0.833. The van der Waals surface area contributed by atoms with Gasteiger partial charge in [0.25, 0.3) is 0 Å². The number of piperazine rings is 1. The number of piperidine rings is 1. The van der Waals surface area contributed by atoms with Crippen LogP contribution in [0.5, 0.6) is 0 Å². The Morgan fingerprint density at radius 2 is 1.78 bits per heavy atom. The van der Waals surface area contributed by atoms with Crippen LogP contribution in [0.25, 0.3) is 0 Å². The molecule has 23 heavy (non-hydrogen) atoms. The van der Waals surface area contributed by atoms with Gasteiger partial charge >= 0.3 is 0 Å². The van der Waals surface area contributed by atoms with Crippen LogP contribution in [0.15, 0.2) is 5.38 Å². The molecule has 4 heterocycles. The van der Waals surface area contributed by atoms with E-state index in [4.69, 9.17) is 4.98 Å². The fourth-order valence-electron chi connectivity index (χ4n) is 4.78. The Kier molecular flexibility index (Phi) is 4.72. The highest BCUT2D eigenvalue weighted by atomic mass is 32.1. The molecule has 1 aromatic rings. The van der Waals surface area contributed by atoms with Gasteiger partial charge in [-0.15, -0.1) is 11.3 Å². The maximum Gasteiger partial charge on any atom is 0.0926 e. The van der Waals surface area contributed by atoms with E-state index in [1.165, 1.54) is 62.6 Å². The van der Waals surface area contributed by atoms with Gasteiger partial charge in [0.2, 0.25) is 0 Å². The molecule has 0 aromatic carbocycles. The molecule has 2 unspecified atom stereocenters. The summed E-state index contributed by atoms with van der Waals surface area (Å²) in [5, 5.41) is 3.53. The van der Waals surface area contributed by atoms with Gasteiger partial charge in [0.05, 0.1) is 10.7 Å². The van der Waals surface area contributed by atoms with Gasteiger partial charge in [0.1, 0.15) is 0 Å². The third-order valence-corrected chi connectivity index (χ3v) is 7.33. The smallest absolute Gasteiger partial charge is 0.0926 e. The Bertz CT molecular complexity index is 509. The second-order valence-electron chi connectivity index (χ2n) is 7.57. The van der Waals surface area contributed by atoms with Crippen molar-refractivity contribution in [3.8, 4) is 0 Å². The first-order chi connectivity index (χ1) is 11.2. The lowest BCUT2D eigenvalue weighted by atomic mass is 9.96. The van der Waals surface area contributed by atoms with Crippen LogP contribution in [0, 0.1) is 0 Å². The SMILES string of the molecule is CCc1nc(CN2CCN(C3CC4CCC(C3)N4C)CC2)cs1. The first-order valence-corrected chi connectivity index (χ1v) is 10.2. The molecule has 4 rings (SSSR count). The Morgan fingerprint density at radius 3 is 2.39 bits per heavy atom. The highest BCUT2D eigenvalue weighted by molar-refractivity contribution is 7.09. The molecule has 3 saturated heterocycles. The number of nitrogens with zero attached hydrogens (tertiary/aromatic N) is 4. The summed E-state index contributed by atoms with van der Waals surface area (Å²) in [4.78, 5) is 12.8. The van der Waals surface area contributed by atoms with Crippen molar-refractivity contribution in [2.75, 3.05) is 33.2 Å². The van der Waals surface area contributed by atoms with Crippen LogP contribution >= 0.6 is 11.3 Å². The third kappa shape index (κ3) is 3.34. The Morgan fingerprint density at radius 1 is 1.09 bits per heavy atom. The van der Waals surface area contributed by atoms with Crippen molar-refractivity contribution in [1.82, 2.24) is 19.7 Å². The highest BCUT2D eigenvalue weighted by Crippen LogP contribution is 2.36. The van der Waals surface area contributed by atoms with Crippen molar-refractivity contribution in [2.45, 2.75) is 63.7 Å². The van der Waals surface area contributed by atoms with E-state index in [0.717, 1.165) is 31.1 Å². The van der Waals surface area contributed by atoms with Crippen molar-refractivity contribution in [2.24, 2.45) is 0 Å². The molecule has 2 bridgehead atoms. The zero-order valence-corrected chi connectivity index (χ0v) is 15.4. The van der Waals surface area contributed by atoms with Crippen LogP contribution in [-0.2, 0) is 13.0 Å². The number of fused-ring (bicyclic) bond motifs is 2. The first-order valence-electron chi connectivity index (χ1n) is 9.34. The van der Waals surface area contributed by atoms with Gasteiger partial charge in [-0.1, -0.05) is 6.92 Å². The molecule has 1 aromatic heterocycles. The molecule has 4 nitrogen and oxygen atoms in total. The Balaban J connectivity index is 1.28. The molecule has 0 amide bonds. The second kappa shape index (κ2) is 6.79. The molecule has 128 valence electrons. The van der Waals surface area contributed by atoms with E-state index in [0.29, 0.717) is 0 Å². The minimum absolute atomic E-state index is 0.844. The second-order valence-corrected chi connectivity index (χ2v) is 8.52. The van der Waals surface area contributed by atoms with E-state index in [-0.39, 0.29) is 0 Å². The van der Waals surface area contributed by atoms with E-state index in [1.807, 2.05) is 11.3 Å². The summed E-state index contributed by atoms with van der Waals surface area (Å²) >= 11 is 1.82. The molecule has 0 N–H and O–H groups in total. The van der Waals surface area contributed by atoms with Gasteiger partial charge in [-0.3, -0.25) is 9.80 Å². The van der Waals surface area contributed by atoms with Crippen LogP contribution in [0.3, 0.4) is 0 Å². The number of aryl methyl sites for hydroxylation is 1. The molecular weight excluding hydrogens is 304 g/mol. The molecule has 5 heteroatoms. The summed E-state index contributed by atoms with van der Waals surface area (Å²) in [5.74, 6) is 0. The first kappa shape index (κ1) is 16.0. The quantitative estimate of drug-likeness (QED) is 0.843. The van der Waals surface area contributed by atoms with Crippen LogP contribution in [0.1, 0.15) is 43.3 Å². The van der Waals surface area contributed by atoms with Crippen molar-refractivity contribution >= 4 is 11.3 Å². The zero-order valence-electron chi connectivity index (χ0n) is 14.6. The van der Waals surface area contributed by atoms with E-state index >= 15 is 0 Å². The summed E-state index contributed by atoms with van der Waals surface area (Å²) in [7, 11) is 2.34. The Labute approximate surface area is 144 Å². The topological polar surface area (TPSA) is 22.6 Å². The van der Waals surface area contributed by atoms with Gasteiger partial charge in [0.15, 0.2) is 0 Å². The van der Waals surface area contributed by atoms with Crippen molar-refractivity contribution < 1.29 is 0 Å². The lowest BCUT2D eigenvalue weighted by Crippen LogP contribution is -2.54. The van der Waals surface area contributed by atoms with Gasteiger partial charge in [-0.2, -0.15) is 0 Å². The molecule has 2 atom stereocenters. The largest absolute Gasteiger partial charge is 0.300 e. The molecular formula is C18H30N4S. The average Bonchev–Trinajstić information content (AvgIpc) is 3.08. The minimum atomic E-state index is 0.844. The van der Waals surface area contributed by atoms with Crippen molar-refractivity contribution in [1.29, 1.82) is 0 Å². The van der Waals surface area contributed by atoms with Crippen LogP contribution in [0.2, 0.25) is 0 Å². The predicted octanol–water partition coefficient (Wildman–Crippen LogP) is 2.45. The summed E-state index contributed by atoms with van der Waals surface area (Å²) in [6, 6.07) is 2.57. The number of rotatable bonds is 4. The predicted molar refractivity (Wildman–Crippen MR) is 95.9 cm³/mol. The lowest BCUT2D eigenvalue weighted by Gasteiger charge is -2.45. The van der Waals surface area contributed by atoms with E-state index in [2.05, 4.69) is 34.1 Å². The number of aromatic nitrogens is 1. The summed E-state index contributed by atoms with van der Waals surface area (Å²) in [5.41, 5.74) is 1.28. The summed E-state index contributed by atoms with van der Waals surface area (Å²) in [6.07, 6.45) is 6.73. The number of hydrogen-bond acceptors (Lipinski definition) is 5. The lowest BCUT2D eigenvalue weighted by molar-refractivity contribution is 0.0377. The molecule has 0 spiro atoms. The standard InChI is InChI=1S/C18H30N4S/c1-3-18-19-14(13-23-18)12-21-6-8-22(9-7-21)17-10-15-4-5-16(11-17)20(15)2/h13,15-17H,3-12H2,1-2H3. The Hall–Kier alpha value is -0.490. The summed E-state index contributed by atoms with van der Waals surface area (Å²) in [6.45, 7) is 8.15. The van der Waals surface area contributed by atoms with Crippen LogP contribution < -0.4 is 0 Å². The van der Waals surface area contributed by atoms with Crippen molar-refractivity contribution in [3.05, 3.63) is 16.1 Å². The van der Waals surface area contributed by atoms with Gasteiger partial charge < -0.3 is 4.90 Å². The van der Waals surface area contributed by atoms with E-state index < -0.39 is 0 Å².